The highest BCUT2D eigenvalue weighted by atomic mass is 32.2. The number of fused-ring (bicyclic) bond motifs is 10. The van der Waals surface area contributed by atoms with E-state index in [2.05, 4.69) is 157 Å². The Kier molecular flexibility index (Phi) is 5.82. The lowest BCUT2D eigenvalue weighted by molar-refractivity contribution is 0.632. The number of rotatable bonds is 2. The van der Waals surface area contributed by atoms with Gasteiger partial charge in [0.15, 0.2) is 0 Å². The van der Waals surface area contributed by atoms with E-state index in [-0.39, 0.29) is 5.41 Å². The van der Waals surface area contributed by atoms with Crippen molar-refractivity contribution >= 4 is 78.5 Å². The first-order valence-corrected chi connectivity index (χ1v) is 17.1. The number of benzene rings is 7. The van der Waals surface area contributed by atoms with E-state index >= 15 is 0 Å². The molecule has 3 heterocycles. The summed E-state index contributed by atoms with van der Waals surface area (Å²) in [6, 6.07) is 48.6. The molecule has 228 valence electrons. The van der Waals surface area contributed by atoms with Crippen molar-refractivity contribution in [2.24, 2.45) is 0 Å². The molecule has 0 atom stereocenters. The van der Waals surface area contributed by atoms with Crippen molar-refractivity contribution in [3.63, 3.8) is 0 Å². The molecule has 7 aromatic carbocycles. The van der Waals surface area contributed by atoms with Crippen LogP contribution >= 0.6 is 11.8 Å². The highest BCUT2D eigenvalue weighted by Crippen LogP contribution is 2.54. The molecule has 48 heavy (non-hydrogen) atoms. The van der Waals surface area contributed by atoms with Crippen molar-refractivity contribution in [3.8, 4) is 0 Å². The summed E-state index contributed by atoms with van der Waals surface area (Å²) in [5.74, 6) is 0. The van der Waals surface area contributed by atoms with Gasteiger partial charge in [-0.3, -0.25) is 9.97 Å². The van der Waals surface area contributed by atoms with Crippen molar-refractivity contribution in [2.45, 2.75) is 29.1 Å². The van der Waals surface area contributed by atoms with Crippen LogP contribution in [0, 0.1) is 0 Å². The second kappa shape index (κ2) is 10.2. The number of aromatic nitrogens is 2. The molecule has 0 fully saturated rings. The van der Waals surface area contributed by atoms with Crippen LogP contribution in [0.25, 0.3) is 32.6 Å². The Morgan fingerprint density at radius 2 is 0.917 bits per heavy atom. The minimum absolute atomic E-state index is 0.116. The van der Waals surface area contributed by atoms with E-state index < -0.39 is 0 Å². The fraction of sp³-hybridized carbons (Fsp3) is 0.0698. The zero-order valence-corrected chi connectivity index (χ0v) is 27.4. The maximum Gasteiger partial charge on any atom is 0.0972 e. The molecule has 10 rings (SSSR count). The smallest absolute Gasteiger partial charge is 0.0972 e. The van der Waals surface area contributed by atoms with Crippen LogP contribution in [0.4, 0.5) is 34.1 Å². The average molecular weight is 635 g/mol. The lowest BCUT2D eigenvalue weighted by Crippen LogP contribution is -2.30. The molecule has 0 saturated carbocycles. The summed E-state index contributed by atoms with van der Waals surface area (Å²) in [5.41, 5.74) is 11.4. The second-order valence-electron chi connectivity index (χ2n) is 13.1. The largest absolute Gasteiger partial charge is 0.310 e. The van der Waals surface area contributed by atoms with Gasteiger partial charge in [-0.15, -0.1) is 0 Å². The van der Waals surface area contributed by atoms with Gasteiger partial charge in [0.05, 0.1) is 33.8 Å². The molecule has 2 aliphatic rings. The predicted molar refractivity (Wildman–Crippen MR) is 200 cm³/mol. The summed E-state index contributed by atoms with van der Waals surface area (Å²) in [6.07, 6.45) is 3.61. The Morgan fingerprint density at radius 3 is 1.52 bits per heavy atom. The number of hydrogen-bond donors (Lipinski definition) is 0. The zero-order valence-electron chi connectivity index (χ0n) is 26.6. The molecule has 0 saturated heterocycles. The summed E-state index contributed by atoms with van der Waals surface area (Å²) >= 11 is 1.83. The van der Waals surface area contributed by atoms with Gasteiger partial charge in [-0.05, 0) is 82.6 Å². The number of anilines is 6. The van der Waals surface area contributed by atoms with E-state index in [0.717, 1.165) is 44.0 Å². The van der Waals surface area contributed by atoms with Crippen LogP contribution in [0.2, 0.25) is 0 Å². The van der Waals surface area contributed by atoms with Gasteiger partial charge in [0.1, 0.15) is 0 Å². The third-order valence-corrected chi connectivity index (χ3v) is 11.2. The lowest BCUT2D eigenvalue weighted by Gasteiger charge is -2.42. The quantitative estimate of drug-likeness (QED) is 0.177. The van der Waals surface area contributed by atoms with Gasteiger partial charge in [0.2, 0.25) is 0 Å². The first-order valence-electron chi connectivity index (χ1n) is 16.3. The van der Waals surface area contributed by atoms with Gasteiger partial charge in [0, 0.05) is 49.7 Å². The SMILES string of the molecule is CC1(C)c2ccccc2N(c2ccc3c4cc(N5c6ccccc6Sc6ccccc65)ccc4c4nccnc4c3c2)c2ccccc21. The Bertz CT molecular complexity index is 2510. The molecule has 0 N–H and O–H groups in total. The van der Waals surface area contributed by atoms with Crippen molar-refractivity contribution in [3.05, 3.63) is 157 Å². The van der Waals surface area contributed by atoms with Gasteiger partial charge in [-0.1, -0.05) is 98.4 Å². The number of nitrogens with zero attached hydrogens (tertiary/aromatic N) is 4. The normalized spacial score (nSPS) is 14.5. The molecule has 8 aromatic rings. The molecule has 0 radical (unpaired) electrons. The molecule has 4 nitrogen and oxygen atoms in total. The first kappa shape index (κ1) is 27.5. The van der Waals surface area contributed by atoms with Crippen LogP contribution in [-0.2, 0) is 5.41 Å². The molecule has 0 unspecified atom stereocenters. The van der Waals surface area contributed by atoms with Gasteiger partial charge in [0.25, 0.3) is 0 Å². The monoisotopic (exact) mass is 634 g/mol. The summed E-state index contributed by atoms with van der Waals surface area (Å²) in [6.45, 7) is 4.65. The van der Waals surface area contributed by atoms with Crippen LogP contribution in [0.5, 0.6) is 0 Å². The van der Waals surface area contributed by atoms with Gasteiger partial charge < -0.3 is 9.80 Å². The lowest BCUT2D eigenvalue weighted by atomic mass is 9.73. The molecule has 0 aliphatic carbocycles. The minimum atomic E-state index is -0.116. The van der Waals surface area contributed by atoms with Crippen molar-refractivity contribution in [2.75, 3.05) is 9.80 Å². The average Bonchev–Trinajstić information content (AvgIpc) is 3.14. The predicted octanol–water partition coefficient (Wildman–Crippen LogP) is 12.0. The molecule has 0 spiro atoms. The van der Waals surface area contributed by atoms with E-state index in [4.69, 9.17) is 9.97 Å². The Morgan fingerprint density at radius 1 is 0.458 bits per heavy atom. The molecule has 1 aromatic heterocycles. The minimum Gasteiger partial charge on any atom is -0.310 e. The Labute approximate surface area is 283 Å². The Hall–Kier alpha value is -5.65. The van der Waals surface area contributed by atoms with Gasteiger partial charge in [-0.25, -0.2) is 0 Å². The van der Waals surface area contributed by atoms with Crippen LogP contribution < -0.4 is 9.80 Å². The Balaban J connectivity index is 1.23. The number of hydrogen-bond acceptors (Lipinski definition) is 5. The topological polar surface area (TPSA) is 32.3 Å². The third kappa shape index (κ3) is 3.85. The van der Waals surface area contributed by atoms with Crippen LogP contribution in [0.1, 0.15) is 25.0 Å². The van der Waals surface area contributed by atoms with E-state index in [9.17, 15) is 0 Å². The van der Waals surface area contributed by atoms with Gasteiger partial charge in [-0.2, -0.15) is 0 Å². The maximum atomic E-state index is 4.94. The van der Waals surface area contributed by atoms with Crippen molar-refractivity contribution in [1.82, 2.24) is 9.97 Å². The summed E-state index contributed by atoms with van der Waals surface area (Å²) in [7, 11) is 0. The first-order chi connectivity index (χ1) is 23.6. The highest BCUT2D eigenvalue weighted by molar-refractivity contribution is 7.99. The van der Waals surface area contributed by atoms with E-state index in [1.54, 1.807) is 6.20 Å². The van der Waals surface area contributed by atoms with E-state index in [1.807, 2.05) is 18.0 Å². The third-order valence-electron chi connectivity index (χ3n) is 10.1. The molecular formula is C43H30N4S. The molecule has 0 amide bonds. The zero-order chi connectivity index (χ0) is 32.0. The van der Waals surface area contributed by atoms with Crippen LogP contribution in [0.15, 0.2) is 156 Å². The van der Waals surface area contributed by atoms with Crippen LogP contribution in [0.3, 0.4) is 0 Å². The van der Waals surface area contributed by atoms with Crippen molar-refractivity contribution < 1.29 is 0 Å². The fourth-order valence-corrected chi connectivity index (χ4v) is 8.92. The molecule has 5 heteroatoms. The number of para-hydroxylation sites is 4. The standard InChI is InChI=1S/C43H30N4S/c1-43(2)33-11-3-5-13-35(33)46(36-14-6-4-12-34(36)43)28-19-21-29-31-25-27(20-22-30(31)41-42(32(29)26-28)45-24-23-44-41)47-37-15-7-9-17-39(37)48-40-18-10-8-16-38(40)47/h3-26H,1-2H3. The second-order valence-corrected chi connectivity index (χ2v) is 14.2. The highest BCUT2D eigenvalue weighted by Gasteiger charge is 2.36. The molecular weight excluding hydrogens is 605 g/mol. The maximum absolute atomic E-state index is 4.94. The molecule has 2 aliphatic heterocycles. The molecule has 0 bridgehead atoms. The van der Waals surface area contributed by atoms with Crippen LogP contribution in [-0.4, -0.2) is 9.97 Å². The summed E-state index contributed by atoms with van der Waals surface area (Å²) in [5, 5.41) is 4.52. The fourth-order valence-electron chi connectivity index (χ4n) is 7.87. The summed E-state index contributed by atoms with van der Waals surface area (Å²) in [4.78, 5) is 17.2. The summed E-state index contributed by atoms with van der Waals surface area (Å²) < 4.78 is 0. The van der Waals surface area contributed by atoms with E-state index in [1.165, 1.54) is 43.7 Å². The van der Waals surface area contributed by atoms with Gasteiger partial charge >= 0.3 is 0 Å². The van der Waals surface area contributed by atoms with Crippen molar-refractivity contribution in [1.29, 1.82) is 0 Å². The van der Waals surface area contributed by atoms with E-state index in [0.29, 0.717) is 0 Å².